The number of halogens is 1. The Kier molecular flexibility index (Phi) is 2.79. The summed E-state index contributed by atoms with van der Waals surface area (Å²) in [5.74, 6) is -0.431. The molecule has 2 heteroatoms. The molecule has 66 valence electrons. The molecule has 0 aliphatic heterocycles. The second-order valence-corrected chi connectivity index (χ2v) is 3.10. The molecule has 0 aromatic heterocycles. The van der Waals surface area contributed by atoms with Crippen molar-refractivity contribution in [2.24, 2.45) is 0 Å². The number of carbonyl (C=O) groups excluding carboxylic acids is 1. The molecule has 0 spiro atoms. The fraction of sp³-hybridized carbons (Fsp3) is 0.500. The molecule has 1 aliphatic carbocycles. The van der Waals surface area contributed by atoms with Gasteiger partial charge in [0.25, 0.3) is 0 Å². The molecule has 0 radical (unpaired) electrons. The molecule has 0 N–H and O–H groups in total. The molecule has 0 aromatic carbocycles. The molecule has 0 unspecified atom stereocenters. The first kappa shape index (κ1) is 9.17. The second kappa shape index (κ2) is 3.65. The molecule has 0 aromatic rings. The fourth-order valence-corrected chi connectivity index (χ4v) is 1.31. The number of hydrogen-bond donors (Lipinski definition) is 0. The van der Waals surface area contributed by atoms with E-state index in [0.717, 1.165) is 12.8 Å². The smallest absolute Gasteiger partial charge is 0.187 e. The normalized spacial score (nSPS) is 17.8. The van der Waals surface area contributed by atoms with Crippen molar-refractivity contribution in [3.05, 3.63) is 23.6 Å². The van der Waals surface area contributed by atoms with Crippen LogP contribution in [0.5, 0.6) is 0 Å². The molecule has 1 nitrogen and oxygen atoms in total. The molecule has 0 saturated heterocycles. The van der Waals surface area contributed by atoms with Gasteiger partial charge in [-0.25, -0.2) is 4.39 Å². The van der Waals surface area contributed by atoms with Crippen LogP contribution in [0.2, 0.25) is 0 Å². The van der Waals surface area contributed by atoms with Gasteiger partial charge in [0, 0.05) is 12.0 Å². The van der Waals surface area contributed by atoms with Gasteiger partial charge < -0.3 is 0 Å². The Hall–Kier alpha value is -0.920. The molecule has 0 heterocycles. The van der Waals surface area contributed by atoms with E-state index in [9.17, 15) is 9.18 Å². The predicted molar refractivity (Wildman–Crippen MR) is 46.4 cm³/mol. The van der Waals surface area contributed by atoms with Crippen molar-refractivity contribution in [1.29, 1.82) is 0 Å². The summed E-state index contributed by atoms with van der Waals surface area (Å²) >= 11 is 0. The Balaban J connectivity index is 2.67. The van der Waals surface area contributed by atoms with Crippen molar-refractivity contribution in [3.8, 4) is 0 Å². The van der Waals surface area contributed by atoms with Gasteiger partial charge in [-0.2, -0.15) is 0 Å². The minimum absolute atomic E-state index is 0.137. The largest absolute Gasteiger partial charge is 0.289 e. The van der Waals surface area contributed by atoms with Gasteiger partial charge in [0.2, 0.25) is 0 Å². The van der Waals surface area contributed by atoms with Crippen LogP contribution in [0.25, 0.3) is 0 Å². The third-order valence-electron chi connectivity index (χ3n) is 2.07. The second-order valence-electron chi connectivity index (χ2n) is 3.10. The Morgan fingerprint density at radius 2 is 2.25 bits per heavy atom. The van der Waals surface area contributed by atoms with Crippen LogP contribution in [-0.4, -0.2) is 5.78 Å². The lowest BCUT2D eigenvalue weighted by molar-refractivity contribution is -0.112. The summed E-state index contributed by atoms with van der Waals surface area (Å²) in [7, 11) is 0. The van der Waals surface area contributed by atoms with E-state index >= 15 is 0 Å². The van der Waals surface area contributed by atoms with Crippen molar-refractivity contribution in [2.45, 2.75) is 32.6 Å². The maximum atomic E-state index is 13.0. The SMILES string of the molecule is C=C1CC(F)=C(CCCC)C1=O. The maximum Gasteiger partial charge on any atom is 0.187 e. The standard InChI is InChI=1S/C10H13FO/c1-3-4-5-8-9(11)6-7(2)10(8)12/h2-6H2,1H3. The van der Waals surface area contributed by atoms with Gasteiger partial charge >= 0.3 is 0 Å². The van der Waals surface area contributed by atoms with Gasteiger partial charge in [0.1, 0.15) is 5.83 Å². The average Bonchev–Trinajstić information content (AvgIpc) is 2.25. The van der Waals surface area contributed by atoms with Crippen LogP contribution >= 0.6 is 0 Å². The first-order valence-corrected chi connectivity index (χ1v) is 4.26. The highest BCUT2D eigenvalue weighted by atomic mass is 19.1. The Bertz CT molecular complexity index is 251. The summed E-state index contributed by atoms with van der Waals surface area (Å²) < 4.78 is 13.0. The van der Waals surface area contributed by atoms with Crippen LogP contribution in [0.3, 0.4) is 0 Å². The third kappa shape index (κ3) is 1.63. The molecule has 0 amide bonds. The van der Waals surface area contributed by atoms with E-state index in [4.69, 9.17) is 0 Å². The minimum Gasteiger partial charge on any atom is -0.289 e. The van der Waals surface area contributed by atoms with Crippen LogP contribution in [0.1, 0.15) is 32.6 Å². The van der Waals surface area contributed by atoms with Crippen molar-refractivity contribution < 1.29 is 9.18 Å². The van der Waals surface area contributed by atoms with E-state index in [1.54, 1.807) is 0 Å². The predicted octanol–water partition coefficient (Wildman–Crippen LogP) is 2.93. The number of unbranched alkanes of at least 4 members (excludes halogenated alkanes) is 1. The molecular formula is C10H13FO. The maximum absolute atomic E-state index is 13.0. The summed E-state index contributed by atoms with van der Waals surface area (Å²) in [6.45, 7) is 5.53. The highest BCUT2D eigenvalue weighted by Crippen LogP contribution is 2.30. The molecule has 0 fully saturated rings. The van der Waals surface area contributed by atoms with Crippen LogP contribution < -0.4 is 0 Å². The van der Waals surface area contributed by atoms with Crippen molar-refractivity contribution in [3.63, 3.8) is 0 Å². The molecule has 12 heavy (non-hydrogen) atoms. The van der Waals surface area contributed by atoms with Crippen LogP contribution in [0, 0.1) is 0 Å². The van der Waals surface area contributed by atoms with Gasteiger partial charge in [-0.15, -0.1) is 0 Å². The van der Waals surface area contributed by atoms with E-state index in [1.165, 1.54) is 0 Å². The number of hydrogen-bond acceptors (Lipinski definition) is 1. The first-order valence-electron chi connectivity index (χ1n) is 4.26. The molecule has 0 bridgehead atoms. The number of rotatable bonds is 3. The summed E-state index contributed by atoms with van der Waals surface area (Å²) in [6.07, 6.45) is 2.57. The lowest BCUT2D eigenvalue weighted by atomic mass is 10.1. The molecular weight excluding hydrogens is 155 g/mol. The van der Waals surface area contributed by atoms with Gasteiger partial charge in [0.05, 0.1) is 0 Å². The summed E-state index contributed by atoms with van der Waals surface area (Å²) in [6, 6.07) is 0. The van der Waals surface area contributed by atoms with Gasteiger partial charge in [-0.05, 0) is 18.4 Å². The monoisotopic (exact) mass is 168 g/mol. The van der Waals surface area contributed by atoms with E-state index in [2.05, 4.69) is 6.58 Å². The average molecular weight is 168 g/mol. The van der Waals surface area contributed by atoms with E-state index in [1.807, 2.05) is 6.92 Å². The zero-order valence-corrected chi connectivity index (χ0v) is 7.32. The number of carbonyl (C=O) groups is 1. The van der Waals surface area contributed by atoms with Crippen molar-refractivity contribution >= 4 is 5.78 Å². The molecule has 1 rings (SSSR count). The van der Waals surface area contributed by atoms with Gasteiger partial charge in [-0.3, -0.25) is 4.79 Å². The van der Waals surface area contributed by atoms with Crippen LogP contribution in [-0.2, 0) is 4.79 Å². The van der Waals surface area contributed by atoms with E-state index in [-0.39, 0.29) is 18.0 Å². The molecule has 0 saturated carbocycles. The number of Topliss-reactive ketones (excluding diaryl/α,β-unsaturated/α-hetero) is 1. The van der Waals surface area contributed by atoms with Gasteiger partial charge in [-0.1, -0.05) is 19.9 Å². The fourth-order valence-electron chi connectivity index (χ4n) is 1.31. The highest BCUT2D eigenvalue weighted by molar-refractivity contribution is 6.11. The Morgan fingerprint density at radius 3 is 2.67 bits per heavy atom. The quantitative estimate of drug-likeness (QED) is 0.592. The summed E-state index contributed by atoms with van der Waals surface area (Å²) in [4.78, 5) is 11.2. The zero-order chi connectivity index (χ0) is 9.14. The van der Waals surface area contributed by atoms with Crippen LogP contribution in [0.4, 0.5) is 4.39 Å². The lowest BCUT2D eigenvalue weighted by Crippen LogP contribution is -1.98. The minimum atomic E-state index is -0.265. The number of allylic oxidation sites excluding steroid dienone is 3. The first-order chi connectivity index (χ1) is 5.66. The highest BCUT2D eigenvalue weighted by Gasteiger charge is 2.25. The molecule has 1 aliphatic rings. The van der Waals surface area contributed by atoms with Crippen molar-refractivity contribution in [2.75, 3.05) is 0 Å². The van der Waals surface area contributed by atoms with E-state index in [0.29, 0.717) is 17.6 Å². The third-order valence-corrected chi connectivity index (χ3v) is 2.07. The Morgan fingerprint density at radius 1 is 1.58 bits per heavy atom. The summed E-state index contributed by atoms with van der Waals surface area (Å²) in [5.41, 5.74) is 0.764. The Labute approximate surface area is 72.0 Å². The lowest BCUT2D eigenvalue weighted by Gasteiger charge is -1.97. The van der Waals surface area contributed by atoms with Gasteiger partial charge in [0.15, 0.2) is 5.78 Å². The number of ketones is 1. The topological polar surface area (TPSA) is 17.1 Å². The van der Waals surface area contributed by atoms with E-state index < -0.39 is 0 Å². The van der Waals surface area contributed by atoms with Crippen molar-refractivity contribution in [1.82, 2.24) is 0 Å². The summed E-state index contributed by atoms with van der Waals surface area (Å²) in [5, 5.41) is 0. The molecule has 0 atom stereocenters. The van der Waals surface area contributed by atoms with Crippen LogP contribution in [0.15, 0.2) is 23.6 Å². The zero-order valence-electron chi connectivity index (χ0n) is 7.32.